The van der Waals surface area contributed by atoms with E-state index in [4.69, 9.17) is 4.42 Å². The lowest BCUT2D eigenvalue weighted by Gasteiger charge is -2.31. The van der Waals surface area contributed by atoms with Crippen LogP contribution in [0, 0.1) is 11.6 Å². The molecule has 0 atom stereocenters. The molecule has 2 aromatic carbocycles. The highest BCUT2D eigenvalue weighted by Crippen LogP contribution is 2.30. The molecule has 6 rings (SSSR count). The van der Waals surface area contributed by atoms with E-state index in [-0.39, 0.29) is 17.6 Å². The Kier molecular flexibility index (Phi) is 5.21. The van der Waals surface area contributed by atoms with Crippen molar-refractivity contribution in [2.45, 2.75) is 44.3 Å². The molecule has 2 N–H and O–H groups in total. The van der Waals surface area contributed by atoms with Crippen LogP contribution in [0.1, 0.15) is 37.4 Å². The van der Waals surface area contributed by atoms with E-state index in [1.165, 1.54) is 36.5 Å². The number of rotatable bonds is 4. The number of hydrogen-bond acceptors (Lipinski definition) is 5. The van der Waals surface area contributed by atoms with Crippen molar-refractivity contribution in [2.75, 3.05) is 0 Å². The van der Waals surface area contributed by atoms with Gasteiger partial charge in [0.15, 0.2) is 0 Å². The molecule has 5 aromatic rings. The van der Waals surface area contributed by atoms with Gasteiger partial charge in [0.2, 0.25) is 0 Å². The zero-order valence-corrected chi connectivity index (χ0v) is 18.7. The minimum Gasteiger partial charge on any atom is -0.422 e. The van der Waals surface area contributed by atoms with Crippen LogP contribution in [0.5, 0.6) is 0 Å². The zero-order chi connectivity index (χ0) is 24.1. The van der Waals surface area contributed by atoms with Crippen LogP contribution in [0.15, 0.2) is 62.7 Å². The molecule has 9 heteroatoms. The van der Waals surface area contributed by atoms with Gasteiger partial charge in [-0.15, -0.1) is 0 Å². The Morgan fingerprint density at radius 2 is 1.77 bits per heavy atom. The summed E-state index contributed by atoms with van der Waals surface area (Å²) in [4.78, 5) is 32.3. The standard InChI is InChI=1S/C26H22F2N4O3/c27-14-2-8-23-19(9-14)25-20(26(34)35-23)11-17(31-25)12-29-16-3-5-18(6-4-16)32-22-10-15(28)1-7-21(22)30-13-24(32)33/h1-2,7-11,13,16,18,29,31H,3-6,12H2/t16-,18-. The third-order valence-corrected chi connectivity index (χ3v) is 6.90. The van der Waals surface area contributed by atoms with E-state index in [0.29, 0.717) is 39.5 Å². The van der Waals surface area contributed by atoms with E-state index >= 15 is 0 Å². The zero-order valence-electron chi connectivity index (χ0n) is 18.7. The lowest BCUT2D eigenvalue weighted by atomic mass is 9.90. The Morgan fingerprint density at radius 3 is 2.60 bits per heavy atom. The van der Waals surface area contributed by atoms with Crippen LogP contribution in [-0.4, -0.2) is 20.6 Å². The summed E-state index contributed by atoms with van der Waals surface area (Å²) in [7, 11) is 0. The van der Waals surface area contributed by atoms with Crippen molar-refractivity contribution >= 4 is 32.9 Å². The number of nitrogens with zero attached hydrogens (tertiary/aromatic N) is 2. The van der Waals surface area contributed by atoms with Gasteiger partial charge in [-0.05, 0) is 68.1 Å². The molecule has 1 aliphatic carbocycles. The first-order valence-corrected chi connectivity index (χ1v) is 11.6. The third kappa shape index (κ3) is 3.91. The molecule has 0 bridgehead atoms. The molecule has 1 aliphatic rings. The number of aromatic amines is 1. The molecule has 1 saturated carbocycles. The van der Waals surface area contributed by atoms with E-state index in [9.17, 15) is 18.4 Å². The van der Waals surface area contributed by atoms with Gasteiger partial charge in [-0.3, -0.25) is 4.79 Å². The fraction of sp³-hybridized carbons (Fsp3) is 0.269. The number of nitrogens with one attached hydrogen (secondary N) is 2. The summed E-state index contributed by atoms with van der Waals surface area (Å²) < 4.78 is 34.6. The maximum atomic E-state index is 13.8. The first-order chi connectivity index (χ1) is 17.0. The molecule has 0 saturated heterocycles. The Labute approximate surface area is 197 Å². The minimum absolute atomic E-state index is 0.0215. The third-order valence-electron chi connectivity index (χ3n) is 6.90. The van der Waals surface area contributed by atoms with Crippen molar-refractivity contribution < 1.29 is 13.2 Å². The highest BCUT2D eigenvalue weighted by Gasteiger charge is 2.24. The van der Waals surface area contributed by atoms with Crippen LogP contribution < -0.4 is 16.5 Å². The smallest absolute Gasteiger partial charge is 0.345 e. The topological polar surface area (TPSA) is 92.9 Å². The maximum absolute atomic E-state index is 13.8. The molecule has 3 aromatic heterocycles. The fourth-order valence-electron chi connectivity index (χ4n) is 5.19. The summed E-state index contributed by atoms with van der Waals surface area (Å²) in [6.45, 7) is 0.504. The Bertz CT molecular complexity index is 1700. The summed E-state index contributed by atoms with van der Waals surface area (Å²) in [6, 6.07) is 10.3. The normalized spacial score (nSPS) is 18.6. The average Bonchev–Trinajstić information content (AvgIpc) is 3.29. The monoisotopic (exact) mass is 476 g/mol. The molecule has 3 heterocycles. The molecule has 35 heavy (non-hydrogen) atoms. The van der Waals surface area contributed by atoms with E-state index in [2.05, 4.69) is 15.3 Å². The molecule has 7 nitrogen and oxygen atoms in total. The number of hydrogen-bond donors (Lipinski definition) is 2. The second kappa shape index (κ2) is 8.42. The number of aromatic nitrogens is 3. The molecule has 1 fully saturated rings. The summed E-state index contributed by atoms with van der Waals surface area (Å²) in [5, 5.41) is 4.43. The van der Waals surface area contributed by atoms with Gasteiger partial charge in [-0.25, -0.2) is 18.6 Å². The van der Waals surface area contributed by atoms with Crippen molar-refractivity contribution in [1.29, 1.82) is 0 Å². The van der Waals surface area contributed by atoms with Crippen molar-refractivity contribution in [3.05, 3.63) is 86.8 Å². The number of fused-ring (bicyclic) bond motifs is 4. The van der Waals surface area contributed by atoms with Crippen molar-refractivity contribution in [2.24, 2.45) is 0 Å². The van der Waals surface area contributed by atoms with Crippen molar-refractivity contribution in [3.8, 4) is 0 Å². The number of benzene rings is 2. The van der Waals surface area contributed by atoms with E-state index in [1.807, 2.05) is 0 Å². The summed E-state index contributed by atoms with van der Waals surface area (Å²) >= 11 is 0. The van der Waals surface area contributed by atoms with Gasteiger partial charge in [-0.2, -0.15) is 0 Å². The molecule has 0 spiro atoms. The molecule has 178 valence electrons. The largest absolute Gasteiger partial charge is 0.422 e. The second-order valence-electron chi connectivity index (χ2n) is 9.10. The first kappa shape index (κ1) is 21.7. The fourth-order valence-corrected chi connectivity index (χ4v) is 5.19. The Balaban J connectivity index is 1.18. The van der Waals surface area contributed by atoms with Gasteiger partial charge in [0.25, 0.3) is 5.56 Å². The first-order valence-electron chi connectivity index (χ1n) is 11.6. The van der Waals surface area contributed by atoms with Gasteiger partial charge < -0.3 is 19.3 Å². The average molecular weight is 476 g/mol. The number of halogens is 2. The highest BCUT2D eigenvalue weighted by molar-refractivity contribution is 6.02. The van der Waals surface area contributed by atoms with Crippen LogP contribution in [0.2, 0.25) is 0 Å². The second-order valence-corrected chi connectivity index (χ2v) is 9.10. The lowest BCUT2D eigenvalue weighted by molar-refractivity contribution is 0.290. The maximum Gasteiger partial charge on any atom is 0.345 e. The summed E-state index contributed by atoms with van der Waals surface area (Å²) in [5.41, 5.74) is 2.14. The van der Waals surface area contributed by atoms with E-state index < -0.39 is 17.3 Å². The SMILES string of the molecule is O=c1oc2ccc(F)cc2c2[nH]c(CN[C@H]3CC[C@H](n4c(=O)cnc5ccc(F)cc54)CC3)cc12. The lowest BCUT2D eigenvalue weighted by Crippen LogP contribution is -2.35. The molecular weight excluding hydrogens is 454 g/mol. The van der Waals surface area contributed by atoms with Crippen LogP contribution in [0.25, 0.3) is 32.9 Å². The predicted molar refractivity (Wildman–Crippen MR) is 128 cm³/mol. The Morgan fingerprint density at radius 1 is 1.00 bits per heavy atom. The molecule has 0 amide bonds. The van der Waals surface area contributed by atoms with Gasteiger partial charge >= 0.3 is 5.63 Å². The number of H-pyrrole nitrogens is 1. The highest BCUT2D eigenvalue weighted by atomic mass is 19.1. The minimum atomic E-state index is -0.464. The molecular formula is C26H22F2N4O3. The van der Waals surface area contributed by atoms with E-state index in [0.717, 1.165) is 31.4 Å². The van der Waals surface area contributed by atoms with E-state index in [1.54, 1.807) is 16.7 Å². The molecule has 0 radical (unpaired) electrons. The van der Waals surface area contributed by atoms with Gasteiger partial charge in [-0.1, -0.05) is 0 Å². The molecule has 0 unspecified atom stereocenters. The van der Waals surface area contributed by atoms with Crippen molar-refractivity contribution in [1.82, 2.24) is 19.9 Å². The van der Waals surface area contributed by atoms with Crippen molar-refractivity contribution in [3.63, 3.8) is 0 Å². The van der Waals surface area contributed by atoms with Crippen LogP contribution in [0.4, 0.5) is 8.78 Å². The molecule has 0 aliphatic heterocycles. The van der Waals surface area contributed by atoms with Crippen LogP contribution in [0.3, 0.4) is 0 Å². The predicted octanol–water partition coefficient (Wildman–Crippen LogP) is 4.54. The summed E-state index contributed by atoms with van der Waals surface area (Å²) in [6.07, 6.45) is 4.52. The van der Waals surface area contributed by atoms with Gasteiger partial charge in [0.05, 0.1) is 28.1 Å². The van der Waals surface area contributed by atoms with Crippen LogP contribution >= 0.6 is 0 Å². The van der Waals surface area contributed by atoms with Crippen LogP contribution in [-0.2, 0) is 6.54 Å². The van der Waals surface area contributed by atoms with Gasteiger partial charge in [0, 0.05) is 29.7 Å². The quantitative estimate of drug-likeness (QED) is 0.372. The van der Waals surface area contributed by atoms with Gasteiger partial charge in [0.1, 0.15) is 17.2 Å². The summed E-state index contributed by atoms with van der Waals surface area (Å²) in [5.74, 6) is -0.792. The Hall–Kier alpha value is -3.85.